The Hall–Kier alpha value is -1.49. The largest absolute Gasteiger partial charge is 0.328 e. The molecule has 4 nitrogen and oxygen atoms in total. The van der Waals surface area contributed by atoms with E-state index in [0.717, 1.165) is 6.07 Å². The smallest absolute Gasteiger partial charge is 0.272 e. The Balaban J connectivity index is 2.92. The van der Waals surface area contributed by atoms with E-state index in [0.29, 0.717) is 18.4 Å². The van der Waals surface area contributed by atoms with Crippen LogP contribution in [0.5, 0.6) is 0 Å². The molecule has 15 heavy (non-hydrogen) atoms. The van der Waals surface area contributed by atoms with Crippen LogP contribution in [-0.2, 0) is 6.42 Å². The van der Waals surface area contributed by atoms with Crippen LogP contribution in [0.1, 0.15) is 18.9 Å². The number of nitrogens with two attached hydrogens (primary N) is 1. The van der Waals surface area contributed by atoms with Crippen molar-refractivity contribution in [3.05, 3.63) is 39.7 Å². The van der Waals surface area contributed by atoms with E-state index in [1.54, 1.807) is 0 Å². The highest BCUT2D eigenvalue weighted by Crippen LogP contribution is 2.21. The Kier molecular flexibility index (Phi) is 3.74. The fourth-order valence-electron chi connectivity index (χ4n) is 1.32. The molecular weight excluding hydrogens is 199 g/mol. The van der Waals surface area contributed by atoms with Crippen LogP contribution in [0.2, 0.25) is 0 Å². The summed E-state index contributed by atoms with van der Waals surface area (Å²) in [6.45, 7) is 1.81. The van der Waals surface area contributed by atoms with Gasteiger partial charge in [0, 0.05) is 17.7 Å². The minimum Gasteiger partial charge on any atom is -0.328 e. The van der Waals surface area contributed by atoms with Crippen molar-refractivity contribution in [1.29, 1.82) is 0 Å². The molecule has 0 saturated carbocycles. The second kappa shape index (κ2) is 4.84. The molecule has 0 unspecified atom stereocenters. The van der Waals surface area contributed by atoms with Crippen molar-refractivity contribution in [2.45, 2.75) is 25.8 Å². The first-order valence-corrected chi connectivity index (χ1v) is 4.69. The Morgan fingerprint density at radius 3 is 2.80 bits per heavy atom. The van der Waals surface area contributed by atoms with Crippen molar-refractivity contribution in [3.8, 4) is 0 Å². The van der Waals surface area contributed by atoms with Crippen LogP contribution in [0.3, 0.4) is 0 Å². The predicted octanol–water partition coefficient (Wildman–Crippen LogP) is 2.01. The van der Waals surface area contributed by atoms with Crippen molar-refractivity contribution < 1.29 is 9.31 Å². The molecule has 0 spiro atoms. The predicted molar refractivity (Wildman–Crippen MR) is 55.0 cm³/mol. The average molecular weight is 212 g/mol. The van der Waals surface area contributed by atoms with E-state index in [9.17, 15) is 14.5 Å². The Labute approximate surface area is 87.0 Å². The quantitative estimate of drug-likeness (QED) is 0.613. The zero-order valence-electron chi connectivity index (χ0n) is 8.44. The van der Waals surface area contributed by atoms with E-state index < -0.39 is 10.7 Å². The first-order chi connectivity index (χ1) is 7.00. The second-order valence-electron chi connectivity index (χ2n) is 3.55. The van der Waals surface area contributed by atoms with Crippen LogP contribution >= 0.6 is 0 Å². The molecule has 0 heterocycles. The summed E-state index contributed by atoms with van der Waals surface area (Å²) in [5.41, 5.74) is 5.90. The van der Waals surface area contributed by atoms with Crippen LogP contribution < -0.4 is 5.73 Å². The topological polar surface area (TPSA) is 69.2 Å². The molecule has 0 saturated heterocycles. The lowest BCUT2D eigenvalue weighted by Crippen LogP contribution is -2.15. The summed E-state index contributed by atoms with van der Waals surface area (Å²) < 4.78 is 12.9. The number of nitro benzene ring substituents is 1. The number of rotatable bonds is 4. The number of aryl methyl sites for hydroxylation is 1. The van der Waals surface area contributed by atoms with Gasteiger partial charge in [-0.25, -0.2) is 4.39 Å². The second-order valence-corrected chi connectivity index (χ2v) is 3.55. The lowest BCUT2D eigenvalue weighted by molar-refractivity contribution is -0.385. The summed E-state index contributed by atoms with van der Waals surface area (Å²) in [6, 6.07) is 3.42. The third-order valence-corrected chi connectivity index (χ3v) is 2.11. The highest BCUT2D eigenvalue weighted by molar-refractivity contribution is 5.40. The summed E-state index contributed by atoms with van der Waals surface area (Å²) in [7, 11) is 0. The highest BCUT2D eigenvalue weighted by Gasteiger charge is 2.14. The van der Waals surface area contributed by atoms with Gasteiger partial charge in [0.25, 0.3) is 5.69 Å². The van der Waals surface area contributed by atoms with Gasteiger partial charge in [-0.2, -0.15) is 0 Å². The zero-order valence-corrected chi connectivity index (χ0v) is 8.44. The number of hydrogen-bond donors (Lipinski definition) is 1. The molecule has 0 aromatic heterocycles. The van der Waals surface area contributed by atoms with Crippen molar-refractivity contribution in [3.63, 3.8) is 0 Å². The van der Waals surface area contributed by atoms with Crippen molar-refractivity contribution in [1.82, 2.24) is 0 Å². The summed E-state index contributed by atoms with van der Waals surface area (Å²) in [5.74, 6) is -0.458. The fourth-order valence-corrected chi connectivity index (χ4v) is 1.32. The number of hydrogen-bond acceptors (Lipinski definition) is 3. The summed E-state index contributed by atoms with van der Waals surface area (Å²) in [4.78, 5) is 10.1. The van der Waals surface area contributed by atoms with Crippen molar-refractivity contribution in [2.75, 3.05) is 0 Å². The molecule has 0 aliphatic rings. The van der Waals surface area contributed by atoms with E-state index in [2.05, 4.69) is 0 Å². The SMILES string of the molecule is C[C@@H](N)CCc1cc(F)ccc1[N+](=O)[O-]. The summed E-state index contributed by atoms with van der Waals surface area (Å²) in [6.07, 6.45) is 1.02. The fraction of sp³-hybridized carbons (Fsp3) is 0.400. The van der Waals surface area contributed by atoms with E-state index in [-0.39, 0.29) is 11.7 Å². The molecule has 1 atom stereocenters. The van der Waals surface area contributed by atoms with Crippen molar-refractivity contribution >= 4 is 5.69 Å². The molecule has 0 radical (unpaired) electrons. The molecule has 0 amide bonds. The van der Waals surface area contributed by atoms with Gasteiger partial charge < -0.3 is 5.73 Å². The zero-order chi connectivity index (χ0) is 11.4. The summed E-state index contributed by atoms with van der Waals surface area (Å²) >= 11 is 0. The van der Waals surface area contributed by atoms with Gasteiger partial charge in [-0.15, -0.1) is 0 Å². The van der Waals surface area contributed by atoms with Crippen LogP contribution in [-0.4, -0.2) is 11.0 Å². The minimum atomic E-state index is -0.504. The van der Waals surface area contributed by atoms with E-state index >= 15 is 0 Å². The molecule has 1 aromatic carbocycles. The van der Waals surface area contributed by atoms with Gasteiger partial charge >= 0.3 is 0 Å². The third kappa shape index (κ3) is 3.28. The van der Waals surface area contributed by atoms with Crippen molar-refractivity contribution in [2.24, 2.45) is 5.73 Å². The number of nitro groups is 1. The van der Waals surface area contributed by atoms with Crippen LogP contribution in [0.25, 0.3) is 0 Å². The third-order valence-electron chi connectivity index (χ3n) is 2.11. The molecule has 0 bridgehead atoms. The molecular formula is C10H13FN2O2. The van der Waals surface area contributed by atoms with Gasteiger partial charge in [0.05, 0.1) is 4.92 Å². The van der Waals surface area contributed by atoms with Gasteiger partial charge in [0.2, 0.25) is 0 Å². The standard InChI is InChI=1S/C10H13FN2O2/c1-7(12)2-3-8-6-9(11)4-5-10(8)13(14)15/h4-7H,2-3,12H2,1H3/t7-/m1/s1. The van der Waals surface area contributed by atoms with E-state index in [4.69, 9.17) is 5.73 Å². The van der Waals surface area contributed by atoms with Crippen LogP contribution in [0.15, 0.2) is 18.2 Å². The van der Waals surface area contributed by atoms with Gasteiger partial charge in [-0.05, 0) is 31.9 Å². The molecule has 1 aromatic rings. The number of benzene rings is 1. The lowest BCUT2D eigenvalue weighted by atomic mass is 10.0. The maximum atomic E-state index is 12.9. The molecule has 0 fully saturated rings. The summed E-state index contributed by atoms with van der Waals surface area (Å²) in [5, 5.41) is 10.6. The monoisotopic (exact) mass is 212 g/mol. The maximum absolute atomic E-state index is 12.9. The van der Waals surface area contributed by atoms with Crippen LogP contribution in [0.4, 0.5) is 10.1 Å². The number of nitrogens with zero attached hydrogens (tertiary/aromatic N) is 1. The minimum absolute atomic E-state index is 0.0444. The molecule has 1 rings (SSSR count). The van der Waals surface area contributed by atoms with Gasteiger partial charge in [0.15, 0.2) is 0 Å². The molecule has 0 aliphatic carbocycles. The molecule has 82 valence electrons. The average Bonchev–Trinajstić information content (AvgIpc) is 2.14. The van der Waals surface area contributed by atoms with E-state index in [1.165, 1.54) is 12.1 Å². The van der Waals surface area contributed by atoms with E-state index in [1.807, 2.05) is 6.92 Å². The van der Waals surface area contributed by atoms with Gasteiger partial charge in [0.1, 0.15) is 5.82 Å². The maximum Gasteiger partial charge on any atom is 0.272 e. The lowest BCUT2D eigenvalue weighted by Gasteiger charge is -2.05. The molecule has 5 heteroatoms. The van der Waals surface area contributed by atoms with Gasteiger partial charge in [-0.3, -0.25) is 10.1 Å². The Morgan fingerprint density at radius 1 is 1.60 bits per heavy atom. The number of halogens is 1. The normalized spacial score (nSPS) is 12.5. The highest BCUT2D eigenvalue weighted by atomic mass is 19.1. The molecule has 0 aliphatic heterocycles. The Bertz CT molecular complexity index is 366. The van der Waals surface area contributed by atoms with Gasteiger partial charge in [-0.1, -0.05) is 0 Å². The molecule has 2 N–H and O–H groups in total. The van der Waals surface area contributed by atoms with Crippen LogP contribution in [0, 0.1) is 15.9 Å². The first-order valence-electron chi connectivity index (χ1n) is 4.69. The Morgan fingerprint density at radius 2 is 2.27 bits per heavy atom. The first kappa shape index (κ1) is 11.6.